The molecule has 0 bridgehead atoms. The maximum Gasteiger partial charge on any atom is 0.121 e. The lowest BCUT2D eigenvalue weighted by Gasteiger charge is -2.12. The number of rotatable bonds is 7. The van der Waals surface area contributed by atoms with Crippen LogP contribution in [0.2, 0.25) is 5.02 Å². The van der Waals surface area contributed by atoms with Gasteiger partial charge in [-0.25, -0.2) is 0 Å². The second-order valence-corrected chi connectivity index (χ2v) is 5.79. The average molecular weight is 320 g/mol. The van der Waals surface area contributed by atoms with Crippen molar-refractivity contribution in [3.05, 3.63) is 53.1 Å². The van der Waals surface area contributed by atoms with E-state index in [1.54, 1.807) is 0 Å². The Morgan fingerprint density at radius 2 is 1.91 bits per heavy atom. The summed E-state index contributed by atoms with van der Waals surface area (Å²) in [4.78, 5) is 0. The number of hydrogen-bond donors (Lipinski definition) is 1. The topological polar surface area (TPSA) is 30.5 Å². The van der Waals surface area contributed by atoms with Crippen molar-refractivity contribution < 1.29 is 9.47 Å². The number of anilines is 1. The molecular weight excluding hydrogens is 298 g/mol. The number of aryl methyl sites for hydroxylation is 1. The van der Waals surface area contributed by atoms with Crippen LogP contribution in [0.3, 0.4) is 0 Å². The predicted molar refractivity (Wildman–Crippen MR) is 92.4 cm³/mol. The number of ether oxygens (including phenoxy) is 2. The van der Waals surface area contributed by atoms with Crippen molar-refractivity contribution in [2.45, 2.75) is 26.9 Å². The lowest BCUT2D eigenvalue weighted by Crippen LogP contribution is -2.12. The molecule has 0 unspecified atom stereocenters. The second kappa shape index (κ2) is 7.95. The highest BCUT2D eigenvalue weighted by Gasteiger charge is 2.00. The molecule has 0 aromatic heterocycles. The van der Waals surface area contributed by atoms with Crippen LogP contribution in [-0.4, -0.2) is 19.3 Å². The molecule has 0 heterocycles. The third kappa shape index (κ3) is 5.15. The fraction of sp³-hybridized carbons (Fsp3) is 0.333. The molecule has 0 amide bonds. The molecule has 22 heavy (non-hydrogen) atoms. The van der Waals surface area contributed by atoms with Crippen LogP contribution in [0.5, 0.6) is 11.5 Å². The van der Waals surface area contributed by atoms with Crippen LogP contribution >= 0.6 is 11.6 Å². The monoisotopic (exact) mass is 319 g/mol. The fourth-order valence-corrected chi connectivity index (χ4v) is 2.14. The molecule has 1 N–H and O–H groups in total. The Morgan fingerprint density at radius 3 is 2.64 bits per heavy atom. The average Bonchev–Trinajstić information content (AvgIpc) is 2.47. The second-order valence-electron chi connectivity index (χ2n) is 5.38. The zero-order valence-electron chi connectivity index (χ0n) is 13.2. The van der Waals surface area contributed by atoms with E-state index in [0.717, 1.165) is 27.8 Å². The van der Waals surface area contributed by atoms with Crippen molar-refractivity contribution in [3.8, 4) is 11.5 Å². The van der Waals surface area contributed by atoms with Gasteiger partial charge < -0.3 is 14.8 Å². The molecule has 3 nitrogen and oxygen atoms in total. The van der Waals surface area contributed by atoms with Crippen LogP contribution in [0, 0.1) is 6.92 Å². The first-order chi connectivity index (χ1) is 10.5. The number of nitrogens with one attached hydrogen (secondary N) is 1. The Hall–Kier alpha value is -1.87. The van der Waals surface area contributed by atoms with Crippen LogP contribution in [0.4, 0.5) is 5.69 Å². The van der Waals surface area contributed by atoms with Crippen molar-refractivity contribution >= 4 is 17.3 Å². The van der Waals surface area contributed by atoms with E-state index in [-0.39, 0.29) is 6.10 Å². The van der Waals surface area contributed by atoms with Crippen LogP contribution < -0.4 is 14.8 Å². The molecule has 0 fully saturated rings. The smallest absolute Gasteiger partial charge is 0.121 e. The zero-order valence-corrected chi connectivity index (χ0v) is 14.0. The van der Waals surface area contributed by atoms with Crippen LogP contribution in [0.15, 0.2) is 42.5 Å². The van der Waals surface area contributed by atoms with Crippen molar-refractivity contribution in [1.82, 2.24) is 0 Å². The highest BCUT2D eigenvalue weighted by molar-refractivity contribution is 6.31. The van der Waals surface area contributed by atoms with E-state index in [2.05, 4.69) is 5.32 Å². The third-order valence-electron chi connectivity index (χ3n) is 3.04. The van der Waals surface area contributed by atoms with E-state index in [9.17, 15) is 0 Å². The minimum Gasteiger partial charge on any atom is -0.492 e. The molecule has 0 spiro atoms. The molecule has 0 saturated heterocycles. The molecule has 2 rings (SSSR count). The van der Waals surface area contributed by atoms with Gasteiger partial charge >= 0.3 is 0 Å². The Kier molecular flexibility index (Phi) is 5.96. The Labute approximate surface area is 137 Å². The summed E-state index contributed by atoms with van der Waals surface area (Å²) in [7, 11) is 0. The molecule has 0 saturated carbocycles. The Bertz CT molecular complexity index is 614. The lowest BCUT2D eigenvalue weighted by molar-refractivity contribution is 0.242. The van der Waals surface area contributed by atoms with Gasteiger partial charge in [-0.05, 0) is 56.7 Å². The lowest BCUT2D eigenvalue weighted by atomic mass is 10.2. The molecular formula is C18H22ClNO2. The fourth-order valence-electron chi connectivity index (χ4n) is 2.02. The summed E-state index contributed by atoms with van der Waals surface area (Å²) in [5, 5.41) is 4.08. The molecule has 2 aromatic carbocycles. The van der Waals surface area contributed by atoms with Crippen LogP contribution in [0.25, 0.3) is 0 Å². The molecule has 0 atom stereocenters. The van der Waals surface area contributed by atoms with Crippen molar-refractivity contribution in [2.75, 3.05) is 18.5 Å². The van der Waals surface area contributed by atoms with Gasteiger partial charge in [0.1, 0.15) is 18.1 Å². The van der Waals surface area contributed by atoms with Gasteiger partial charge in [-0.3, -0.25) is 0 Å². The van der Waals surface area contributed by atoms with Gasteiger partial charge in [0.05, 0.1) is 6.10 Å². The van der Waals surface area contributed by atoms with E-state index >= 15 is 0 Å². The summed E-state index contributed by atoms with van der Waals surface area (Å²) in [5.41, 5.74) is 2.04. The summed E-state index contributed by atoms with van der Waals surface area (Å²) in [5.74, 6) is 1.70. The first kappa shape index (κ1) is 16.5. The Morgan fingerprint density at radius 1 is 1.09 bits per heavy atom. The van der Waals surface area contributed by atoms with E-state index < -0.39 is 0 Å². The first-order valence-electron chi connectivity index (χ1n) is 7.44. The quantitative estimate of drug-likeness (QED) is 0.734. The van der Waals surface area contributed by atoms with Gasteiger partial charge in [-0.2, -0.15) is 0 Å². The maximum atomic E-state index is 5.99. The number of benzene rings is 2. The molecule has 118 valence electrons. The summed E-state index contributed by atoms with van der Waals surface area (Å²) in [6, 6.07) is 13.6. The summed E-state index contributed by atoms with van der Waals surface area (Å²) in [6.07, 6.45) is 0.173. The van der Waals surface area contributed by atoms with Crippen molar-refractivity contribution in [2.24, 2.45) is 0 Å². The molecule has 0 aliphatic carbocycles. The minimum atomic E-state index is 0.173. The van der Waals surface area contributed by atoms with Crippen LogP contribution in [0.1, 0.15) is 19.4 Å². The van der Waals surface area contributed by atoms with Crippen molar-refractivity contribution in [1.29, 1.82) is 0 Å². The van der Waals surface area contributed by atoms with Gasteiger partial charge in [0.25, 0.3) is 0 Å². The predicted octanol–water partition coefficient (Wildman–Crippen LogP) is 4.93. The summed E-state index contributed by atoms with van der Waals surface area (Å²) >= 11 is 5.99. The highest BCUT2D eigenvalue weighted by atomic mass is 35.5. The van der Waals surface area contributed by atoms with E-state index in [1.165, 1.54) is 0 Å². The minimum absolute atomic E-state index is 0.173. The molecule has 0 aliphatic rings. The normalized spacial score (nSPS) is 10.6. The first-order valence-corrected chi connectivity index (χ1v) is 7.82. The van der Waals surface area contributed by atoms with Crippen LogP contribution in [-0.2, 0) is 0 Å². The molecule has 2 aromatic rings. The van der Waals surface area contributed by atoms with Gasteiger partial charge in [0, 0.05) is 23.3 Å². The van der Waals surface area contributed by atoms with Gasteiger partial charge in [-0.1, -0.05) is 17.7 Å². The summed E-state index contributed by atoms with van der Waals surface area (Å²) in [6.45, 7) is 7.29. The standard InChI is InChI=1S/C18H22ClNO2/c1-13(2)22-17-6-4-5-15(12-17)20-9-10-21-16-7-8-18(19)14(3)11-16/h4-8,11-13,20H,9-10H2,1-3H3. The SMILES string of the molecule is Cc1cc(OCCNc2cccc(OC(C)C)c2)ccc1Cl. The maximum absolute atomic E-state index is 5.99. The highest BCUT2D eigenvalue weighted by Crippen LogP contribution is 2.21. The molecule has 0 radical (unpaired) electrons. The number of hydrogen-bond acceptors (Lipinski definition) is 3. The Balaban J connectivity index is 1.79. The molecule has 4 heteroatoms. The van der Waals surface area contributed by atoms with Crippen molar-refractivity contribution in [3.63, 3.8) is 0 Å². The summed E-state index contributed by atoms with van der Waals surface area (Å²) < 4.78 is 11.4. The number of halogens is 1. The van der Waals surface area contributed by atoms with Gasteiger partial charge in [0.2, 0.25) is 0 Å². The zero-order chi connectivity index (χ0) is 15.9. The largest absolute Gasteiger partial charge is 0.492 e. The van der Waals surface area contributed by atoms with Gasteiger partial charge in [0.15, 0.2) is 0 Å². The molecule has 0 aliphatic heterocycles. The van der Waals surface area contributed by atoms with E-state index in [4.69, 9.17) is 21.1 Å². The van der Waals surface area contributed by atoms with E-state index in [0.29, 0.717) is 13.2 Å². The van der Waals surface area contributed by atoms with Gasteiger partial charge in [-0.15, -0.1) is 0 Å². The third-order valence-corrected chi connectivity index (χ3v) is 3.46. The van der Waals surface area contributed by atoms with E-state index in [1.807, 2.05) is 63.2 Å².